The van der Waals surface area contributed by atoms with Crippen LogP contribution in [0.15, 0.2) is 65.1 Å². The van der Waals surface area contributed by atoms with Gasteiger partial charge in [-0.2, -0.15) is 0 Å². The first-order valence-electron chi connectivity index (χ1n) is 12.2. The molecule has 1 unspecified atom stereocenters. The molecular formula is C27H36N6O3. The maximum Gasteiger partial charge on any atom is 0.426 e. The Morgan fingerprint density at radius 3 is 2.53 bits per heavy atom. The zero-order valence-corrected chi connectivity index (χ0v) is 22.1. The minimum atomic E-state index is -0.699. The zero-order valence-electron chi connectivity index (χ0n) is 22.1. The first-order chi connectivity index (χ1) is 17.1. The summed E-state index contributed by atoms with van der Waals surface area (Å²) in [5.41, 5.74) is 4.51. The summed E-state index contributed by atoms with van der Waals surface area (Å²) in [5, 5.41) is 4.44. The van der Waals surface area contributed by atoms with Crippen molar-refractivity contribution in [2.24, 2.45) is 4.99 Å². The maximum absolute atomic E-state index is 12.9. The van der Waals surface area contributed by atoms with Crippen LogP contribution in [0.1, 0.15) is 61.3 Å². The van der Waals surface area contributed by atoms with Crippen molar-refractivity contribution in [3.05, 3.63) is 60.1 Å². The fourth-order valence-electron chi connectivity index (χ4n) is 3.77. The molecule has 2 N–H and O–H groups in total. The molecule has 9 nitrogen and oxygen atoms in total. The number of nitrogens with one attached hydrogen (secondary N) is 2. The molecule has 2 heterocycles. The number of carbonyl (C=O) groups is 2. The van der Waals surface area contributed by atoms with E-state index in [0.29, 0.717) is 23.8 Å². The van der Waals surface area contributed by atoms with Crippen LogP contribution in [0.25, 0.3) is 17.2 Å². The molecule has 1 aromatic carbocycles. The van der Waals surface area contributed by atoms with Gasteiger partial charge < -0.3 is 10.1 Å². The van der Waals surface area contributed by atoms with Gasteiger partial charge in [0.15, 0.2) is 5.84 Å². The third-order valence-electron chi connectivity index (χ3n) is 5.65. The summed E-state index contributed by atoms with van der Waals surface area (Å²) in [5.74, 6) is 1.57. The number of nitrogens with zero attached hydrogens (tertiary/aromatic N) is 4. The smallest absolute Gasteiger partial charge is 0.426 e. The predicted molar refractivity (Wildman–Crippen MR) is 141 cm³/mol. The molecule has 1 aliphatic heterocycles. The van der Waals surface area contributed by atoms with E-state index in [0.717, 1.165) is 23.4 Å². The number of ether oxygens (including phenoxy) is 1. The Morgan fingerprint density at radius 1 is 1.25 bits per heavy atom. The van der Waals surface area contributed by atoms with Crippen molar-refractivity contribution in [1.82, 2.24) is 25.3 Å². The van der Waals surface area contributed by atoms with E-state index in [-0.39, 0.29) is 5.91 Å². The molecule has 0 spiro atoms. The van der Waals surface area contributed by atoms with Crippen LogP contribution >= 0.6 is 0 Å². The van der Waals surface area contributed by atoms with Crippen molar-refractivity contribution in [3.8, 4) is 11.4 Å². The van der Waals surface area contributed by atoms with E-state index in [9.17, 15) is 9.59 Å². The number of rotatable bonds is 6. The van der Waals surface area contributed by atoms with Gasteiger partial charge in [-0.3, -0.25) is 14.4 Å². The molecule has 1 aliphatic rings. The highest BCUT2D eigenvalue weighted by molar-refractivity contribution is 6.09. The fraction of sp³-hybridized carbons (Fsp3) is 0.407. The quantitative estimate of drug-likeness (QED) is 0.584. The van der Waals surface area contributed by atoms with Crippen LogP contribution in [0.3, 0.4) is 0 Å². The summed E-state index contributed by atoms with van der Waals surface area (Å²) in [7, 11) is 0. The molecule has 9 heteroatoms. The lowest BCUT2D eigenvalue weighted by molar-refractivity contribution is -0.126. The average Bonchev–Trinajstić information content (AvgIpc) is 3.31. The molecular weight excluding hydrogens is 456 g/mol. The van der Waals surface area contributed by atoms with E-state index in [1.54, 1.807) is 33.0 Å². The Morgan fingerprint density at radius 2 is 1.94 bits per heavy atom. The largest absolute Gasteiger partial charge is 0.443 e. The molecule has 2 amide bonds. The summed E-state index contributed by atoms with van der Waals surface area (Å²) in [6, 6.07) is 9.20. The topological polar surface area (TPSA) is 101 Å². The first-order valence-corrected chi connectivity index (χ1v) is 12.2. The lowest BCUT2D eigenvalue weighted by atomic mass is 10.1. The number of aromatic nitrogens is 2. The summed E-state index contributed by atoms with van der Waals surface area (Å²) >= 11 is 0. The highest BCUT2D eigenvalue weighted by Gasteiger charge is 2.37. The number of amides is 2. The van der Waals surface area contributed by atoms with Crippen LogP contribution in [0.2, 0.25) is 0 Å². The van der Waals surface area contributed by atoms with Crippen LogP contribution in [0.5, 0.6) is 0 Å². The molecule has 0 saturated carbocycles. The van der Waals surface area contributed by atoms with Crippen molar-refractivity contribution < 1.29 is 14.3 Å². The van der Waals surface area contributed by atoms with Crippen molar-refractivity contribution >= 4 is 23.7 Å². The molecule has 192 valence electrons. The molecule has 1 fully saturated rings. The van der Waals surface area contributed by atoms with Crippen LogP contribution in [-0.2, 0) is 9.53 Å². The van der Waals surface area contributed by atoms with Crippen LogP contribution in [0.4, 0.5) is 4.79 Å². The Bertz CT molecular complexity index is 1190. The third kappa shape index (κ3) is 6.02. The van der Waals surface area contributed by atoms with E-state index < -0.39 is 17.7 Å². The summed E-state index contributed by atoms with van der Waals surface area (Å²) in [6.45, 7) is 13.1. The van der Waals surface area contributed by atoms with Gasteiger partial charge in [0.1, 0.15) is 23.3 Å². The second kappa shape index (κ2) is 11.2. The number of hydrogen-bond acceptors (Lipinski definition) is 5. The van der Waals surface area contributed by atoms with Gasteiger partial charge in [0, 0.05) is 18.0 Å². The number of hydrazine groups is 1. The van der Waals surface area contributed by atoms with Crippen LogP contribution in [0, 0.1) is 0 Å². The third-order valence-corrected chi connectivity index (χ3v) is 5.65. The SMILES string of the molecule is C/C=C1/NC(=O)C(CC)N(NC(=O)OC(C)(C)C)/C1=N/C(=C(\C)CC)n1ccnc1-c1ccccc1. The Balaban J connectivity index is 2.17. The van der Waals surface area contributed by atoms with Crippen molar-refractivity contribution in [2.45, 2.75) is 73.0 Å². The number of piperazine rings is 1. The van der Waals surface area contributed by atoms with Gasteiger partial charge in [-0.05, 0) is 53.0 Å². The van der Waals surface area contributed by atoms with Gasteiger partial charge >= 0.3 is 6.09 Å². The lowest BCUT2D eigenvalue weighted by Gasteiger charge is -2.38. The van der Waals surface area contributed by atoms with Gasteiger partial charge in [-0.25, -0.2) is 20.2 Å². The predicted octanol–water partition coefficient (Wildman–Crippen LogP) is 5.10. The minimum absolute atomic E-state index is 0.231. The normalized spacial score (nSPS) is 19.2. The fourth-order valence-corrected chi connectivity index (χ4v) is 3.77. The lowest BCUT2D eigenvalue weighted by Crippen LogP contribution is -2.63. The number of amidine groups is 1. The molecule has 3 rings (SSSR count). The molecule has 0 aliphatic carbocycles. The second-order valence-corrected chi connectivity index (χ2v) is 9.48. The molecule has 2 aromatic rings. The van der Waals surface area contributed by atoms with Crippen LogP contribution in [-0.4, -0.2) is 44.0 Å². The van der Waals surface area contributed by atoms with Gasteiger partial charge in [0.05, 0.1) is 5.70 Å². The van der Waals surface area contributed by atoms with Gasteiger partial charge in [0.2, 0.25) is 5.91 Å². The zero-order chi connectivity index (χ0) is 26.5. The summed E-state index contributed by atoms with van der Waals surface area (Å²) in [6.07, 6.45) is 5.88. The monoisotopic (exact) mass is 492 g/mol. The van der Waals surface area contributed by atoms with Gasteiger partial charge in [0.25, 0.3) is 0 Å². The molecule has 36 heavy (non-hydrogen) atoms. The van der Waals surface area contributed by atoms with Crippen molar-refractivity contribution in [2.75, 3.05) is 0 Å². The molecule has 1 atom stereocenters. The molecule has 1 saturated heterocycles. The highest BCUT2D eigenvalue weighted by atomic mass is 16.6. The van der Waals surface area contributed by atoms with Gasteiger partial charge in [-0.15, -0.1) is 0 Å². The summed E-state index contributed by atoms with van der Waals surface area (Å²) < 4.78 is 7.41. The van der Waals surface area contributed by atoms with E-state index in [2.05, 4.69) is 22.7 Å². The molecule has 0 bridgehead atoms. The summed E-state index contributed by atoms with van der Waals surface area (Å²) in [4.78, 5) is 35.3. The van der Waals surface area contributed by atoms with E-state index >= 15 is 0 Å². The second-order valence-electron chi connectivity index (χ2n) is 9.48. The number of allylic oxidation sites excluding steroid dienone is 2. The van der Waals surface area contributed by atoms with Gasteiger partial charge in [-0.1, -0.05) is 50.3 Å². The van der Waals surface area contributed by atoms with E-state index in [4.69, 9.17) is 9.73 Å². The van der Waals surface area contributed by atoms with Crippen LogP contribution < -0.4 is 10.7 Å². The number of aliphatic imine (C=N–C) groups is 1. The number of hydrogen-bond donors (Lipinski definition) is 2. The van der Waals surface area contributed by atoms with E-state index in [1.165, 1.54) is 5.01 Å². The maximum atomic E-state index is 12.9. The van der Waals surface area contributed by atoms with Crippen molar-refractivity contribution in [3.63, 3.8) is 0 Å². The van der Waals surface area contributed by atoms with E-state index in [1.807, 2.05) is 61.9 Å². The highest BCUT2D eigenvalue weighted by Crippen LogP contribution is 2.26. The standard InChI is InChI=1S/C27H36N6O3/c1-8-18(4)22(32-17-16-28-23(32)19-14-12-11-13-15-19)30-24-20(9-2)29-25(34)21(10-3)33(24)31-26(35)36-27(5,6)7/h9,11-17,21H,8,10H2,1-7H3,(H,29,34)(H,31,35)/b20-9+,22-18-,30-24+. The Kier molecular flexibility index (Phi) is 8.34. The minimum Gasteiger partial charge on any atom is -0.443 e. The number of benzene rings is 1. The molecule has 0 radical (unpaired) electrons. The number of imidazole rings is 1. The van der Waals surface area contributed by atoms with Crippen molar-refractivity contribution in [1.29, 1.82) is 0 Å². The average molecular weight is 493 g/mol. The number of carbonyl (C=O) groups excluding carboxylic acids is 2. The Hall–Kier alpha value is -3.88. The first kappa shape index (κ1) is 26.7. The molecule has 1 aromatic heterocycles. The Labute approximate surface area is 212 Å².